The monoisotopic (exact) mass is 223 g/mol. The molecule has 0 atom stereocenters. The number of rotatable bonds is 6. The van der Waals surface area contributed by atoms with Crippen LogP contribution in [0.4, 0.5) is 0 Å². The normalized spacial score (nSPS) is 10.1. The fourth-order valence-electron chi connectivity index (χ4n) is 1.22. The van der Waals surface area contributed by atoms with Crippen molar-refractivity contribution in [3.8, 4) is 5.88 Å². The van der Waals surface area contributed by atoms with Crippen molar-refractivity contribution in [3.63, 3.8) is 0 Å². The molecule has 1 rings (SSSR count). The highest BCUT2D eigenvalue weighted by molar-refractivity contribution is 5.07. The number of nitrogens with zero attached hydrogens (tertiary/aromatic N) is 2. The SMILES string of the molecule is C=C(CNCC)Cn1nc(OC)ccc1=O. The number of hydrogen-bond donors (Lipinski definition) is 1. The van der Waals surface area contributed by atoms with Crippen LogP contribution < -0.4 is 15.6 Å². The summed E-state index contributed by atoms with van der Waals surface area (Å²) in [4.78, 5) is 11.5. The van der Waals surface area contributed by atoms with Gasteiger partial charge < -0.3 is 10.1 Å². The molecular formula is C11H17N3O2. The van der Waals surface area contributed by atoms with Crippen LogP contribution in [0.1, 0.15) is 6.92 Å². The van der Waals surface area contributed by atoms with Gasteiger partial charge in [-0.15, -0.1) is 5.10 Å². The minimum atomic E-state index is -0.154. The molecule has 0 radical (unpaired) electrons. The second-order valence-electron chi connectivity index (χ2n) is 3.40. The van der Waals surface area contributed by atoms with Crippen molar-refractivity contribution in [3.05, 3.63) is 34.6 Å². The van der Waals surface area contributed by atoms with Gasteiger partial charge >= 0.3 is 0 Å². The summed E-state index contributed by atoms with van der Waals surface area (Å²) >= 11 is 0. The molecule has 5 heteroatoms. The molecule has 16 heavy (non-hydrogen) atoms. The first-order chi connectivity index (χ1) is 7.67. The molecule has 1 heterocycles. The highest BCUT2D eigenvalue weighted by Gasteiger charge is 2.02. The molecule has 0 aliphatic rings. The van der Waals surface area contributed by atoms with Crippen LogP contribution in [-0.2, 0) is 6.54 Å². The summed E-state index contributed by atoms with van der Waals surface area (Å²) in [6.07, 6.45) is 0. The lowest BCUT2D eigenvalue weighted by atomic mass is 10.3. The average Bonchev–Trinajstić information content (AvgIpc) is 2.29. The molecule has 1 N–H and O–H groups in total. The largest absolute Gasteiger partial charge is 0.480 e. The van der Waals surface area contributed by atoms with E-state index in [0.29, 0.717) is 19.0 Å². The Morgan fingerprint density at radius 2 is 2.38 bits per heavy atom. The molecule has 1 aromatic rings. The maximum absolute atomic E-state index is 11.5. The van der Waals surface area contributed by atoms with Crippen LogP contribution in [0.25, 0.3) is 0 Å². The molecule has 5 nitrogen and oxygen atoms in total. The van der Waals surface area contributed by atoms with E-state index in [0.717, 1.165) is 12.1 Å². The van der Waals surface area contributed by atoms with Crippen LogP contribution in [0.5, 0.6) is 5.88 Å². The van der Waals surface area contributed by atoms with E-state index in [4.69, 9.17) is 4.74 Å². The van der Waals surface area contributed by atoms with Crippen LogP contribution in [0.15, 0.2) is 29.1 Å². The zero-order valence-corrected chi connectivity index (χ0v) is 9.69. The van der Waals surface area contributed by atoms with Gasteiger partial charge in [0.05, 0.1) is 13.7 Å². The van der Waals surface area contributed by atoms with E-state index < -0.39 is 0 Å². The van der Waals surface area contributed by atoms with Gasteiger partial charge in [0.25, 0.3) is 5.56 Å². The van der Waals surface area contributed by atoms with Crippen LogP contribution >= 0.6 is 0 Å². The molecule has 0 amide bonds. The molecule has 0 bridgehead atoms. The maximum Gasteiger partial charge on any atom is 0.267 e. The fourth-order valence-corrected chi connectivity index (χ4v) is 1.22. The third kappa shape index (κ3) is 3.51. The molecule has 0 spiro atoms. The van der Waals surface area contributed by atoms with Gasteiger partial charge in [-0.1, -0.05) is 13.5 Å². The minimum absolute atomic E-state index is 0.154. The summed E-state index contributed by atoms with van der Waals surface area (Å²) in [6.45, 7) is 7.86. The Labute approximate surface area is 94.7 Å². The van der Waals surface area contributed by atoms with E-state index in [2.05, 4.69) is 17.0 Å². The molecule has 0 aromatic carbocycles. The Balaban J connectivity index is 2.72. The van der Waals surface area contributed by atoms with Gasteiger partial charge in [0.2, 0.25) is 5.88 Å². The number of ether oxygens (including phenoxy) is 1. The van der Waals surface area contributed by atoms with Gasteiger partial charge in [-0.05, 0) is 12.1 Å². The van der Waals surface area contributed by atoms with Crippen LogP contribution in [-0.4, -0.2) is 30.0 Å². The summed E-state index contributed by atoms with van der Waals surface area (Å²) < 4.78 is 6.30. The van der Waals surface area contributed by atoms with Crippen molar-refractivity contribution in [1.29, 1.82) is 0 Å². The van der Waals surface area contributed by atoms with Gasteiger partial charge in [0, 0.05) is 18.7 Å². The van der Waals surface area contributed by atoms with E-state index in [-0.39, 0.29) is 5.56 Å². The lowest BCUT2D eigenvalue weighted by molar-refractivity contribution is 0.378. The summed E-state index contributed by atoms with van der Waals surface area (Å²) in [7, 11) is 1.52. The first-order valence-electron chi connectivity index (χ1n) is 5.17. The number of hydrogen-bond acceptors (Lipinski definition) is 4. The van der Waals surface area contributed by atoms with Crippen molar-refractivity contribution < 1.29 is 4.74 Å². The minimum Gasteiger partial charge on any atom is -0.480 e. The lowest BCUT2D eigenvalue weighted by Gasteiger charge is -2.08. The second-order valence-corrected chi connectivity index (χ2v) is 3.40. The van der Waals surface area contributed by atoms with E-state index in [9.17, 15) is 4.79 Å². The first-order valence-corrected chi connectivity index (χ1v) is 5.17. The summed E-state index contributed by atoms with van der Waals surface area (Å²) in [5.74, 6) is 0.427. The van der Waals surface area contributed by atoms with E-state index >= 15 is 0 Å². The van der Waals surface area contributed by atoms with Crippen LogP contribution in [0.3, 0.4) is 0 Å². The van der Waals surface area contributed by atoms with Crippen LogP contribution in [0.2, 0.25) is 0 Å². The molecule has 0 saturated heterocycles. The van der Waals surface area contributed by atoms with Gasteiger partial charge in [0.15, 0.2) is 0 Å². The molecule has 0 fully saturated rings. The zero-order valence-electron chi connectivity index (χ0n) is 9.69. The molecular weight excluding hydrogens is 206 g/mol. The summed E-state index contributed by atoms with van der Waals surface area (Å²) in [6, 6.07) is 2.98. The summed E-state index contributed by atoms with van der Waals surface area (Å²) in [5.41, 5.74) is 0.753. The average molecular weight is 223 g/mol. The van der Waals surface area contributed by atoms with Crippen LogP contribution in [0, 0.1) is 0 Å². The Hall–Kier alpha value is -1.62. The molecule has 0 aliphatic heterocycles. The lowest BCUT2D eigenvalue weighted by Crippen LogP contribution is -2.26. The fraction of sp³-hybridized carbons (Fsp3) is 0.455. The van der Waals surface area contributed by atoms with Crippen molar-refractivity contribution in [1.82, 2.24) is 15.1 Å². The van der Waals surface area contributed by atoms with Gasteiger partial charge in [-0.2, -0.15) is 0 Å². The Morgan fingerprint density at radius 3 is 3.00 bits per heavy atom. The molecule has 0 saturated carbocycles. The highest BCUT2D eigenvalue weighted by Crippen LogP contribution is 2.00. The van der Waals surface area contributed by atoms with Crippen molar-refractivity contribution >= 4 is 0 Å². The van der Waals surface area contributed by atoms with Crippen molar-refractivity contribution in [2.75, 3.05) is 20.2 Å². The third-order valence-electron chi connectivity index (χ3n) is 2.05. The standard InChI is InChI=1S/C11H17N3O2/c1-4-12-7-9(2)8-14-11(15)6-5-10(13-14)16-3/h5-6,12H,2,4,7-8H2,1,3H3. The molecule has 0 aliphatic carbocycles. The molecule has 88 valence electrons. The van der Waals surface area contributed by atoms with Crippen molar-refractivity contribution in [2.24, 2.45) is 0 Å². The van der Waals surface area contributed by atoms with Gasteiger partial charge in [-0.3, -0.25) is 4.79 Å². The third-order valence-corrected chi connectivity index (χ3v) is 2.05. The predicted octanol–water partition coefficient (Wildman–Crippen LogP) is 0.418. The summed E-state index contributed by atoms with van der Waals surface area (Å²) in [5, 5.41) is 7.17. The van der Waals surface area contributed by atoms with E-state index in [1.165, 1.54) is 17.9 Å². The number of likely N-dealkylation sites (N-methyl/N-ethyl adjacent to an activating group) is 1. The second kappa shape index (κ2) is 6.07. The topological polar surface area (TPSA) is 56.1 Å². The van der Waals surface area contributed by atoms with E-state index in [1.54, 1.807) is 6.07 Å². The van der Waals surface area contributed by atoms with Gasteiger partial charge in [-0.25, -0.2) is 4.68 Å². The molecule has 0 unspecified atom stereocenters. The zero-order chi connectivity index (χ0) is 12.0. The number of aromatic nitrogens is 2. The number of methoxy groups -OCH3 is 1. The van der Waals surface area contributed by atoms with Gasteiger partial charge in [0.1, 0.15) is 0 Å². The predicted molar refractivity (Wildman–Crippen MR) is 62.7 cm³/mol. The molecule has 1 aromatic heterocycles. The highest BCUT2D eigenvalue weighted by atomic mass is 16.5. The smallest absolute Gasteiger partial charge is 0.267 e. The van der Waals surface area contributed by atoms with Crippen molar-refractivity contribution in [2.45, 2.75) is 13.5 Å². The maximum atomic E-state index is 11.5. The quantitative estimate of drug-likeness (QED) is 0.710. The Kier molecular flexibility index (Phi) is 4.72. The van der Waals surface area contributed by atoms with E-state index in [1.807, 2.05) is 6.92 Å². The first kappa shape index (κ1) is 12.4. The Bertz CT molecular complexity index is 412. The number of nitrogens with one attached hydrogen (secondary N) is 1. The Morgan fingerprint density at radius 1 is 1.62 bits per heavy atom.